The molecule has 3 heteroatoms. The van der Waals surface area contributed by atoms with Crippen LogP contribution in [0.4, 0.5) is 0 Å². The number of carbonyl (C=O) groups is 1. The van der Waals surface area contributed by atoms with Gasteiger partial charge in [0.05, 0.1) is 13.2 Å². The zero-order valence-corrected chi connectivity index (χ0v) is 9.61. The predicted molar refractivity (Wildman–Crippen MR) is 61.1 cm³/mol. The average Bonchev–Trinajstić information content (AvgIpc) is 2.26. The molecule has 0 saturated heterocycles. The van der Waals surface area contributed by atoms with Crippen LogP contribution in [0.1, 0.15) is 19.4 Å². The van der Waals surface area contributed by atoms with Gasteiger partial charge in [-0.15, -0.1) is 0 Å². The molecule has 0 radical (unpaired) electrons. The molecular formula is C13H14O3. The van der Waals surface area contributed by atoms with E-state index in [-0.39, 0.29) is 6.10 Å². The van der Waals surface area contributed by atoms with Crippen LogP contribution in [0.15, 0.2) is 24.3 Å². The number of ether oxygens (including phenoxy) is 2. The standard InChI is InChI=1S/C13H14O3/c1-10(2)16-13(14)9-6-11-4-7-12(15-3)8-5-11/h4-5,7-8,10H,1-3H3. The highest BCUT2D eigenvalue weighted by Crippen LogP contribution is 2.10. The van der Waals surface area contributed by atoms with Crippen molar-refractivity contribution in [3.8, 4) is 17.6 Å². The fourth-order valence-corrected chi connectivity index (χ4v) is 1.04. The van der Waals surface area contributed by atoms with Crippen LogP contribution in [0.2, 0.25) is 0 Å². The van der Waals surface area contributed by atoms with E-state index in [0.29, 0.717) is 0 Å². The van der Waals surface area contributed by atoms with Gasteiger partial charge in [0.1, 0.15) is 5.75 Å². The van der Waals surface area contributed by atoms with Crippen LogP contribution in [0, 0.1) is 11.8 Å². The van der Waals surface area contributed by atoms with Crippen molar-refractivity contribution in [2.75, 3.05) is 7.11 Å². The Balaban J connectivity index is 2.65. The summed E-state index contributed by atoms with van der Waals surface area (Å²) in [6.45, 7) is 3.57. The van der Waals surface area contributed by atoms with E-state index in [1.54, 1.807) is 45.2 Å². The predicted octanol–water partition coefficient (Wildman–Crippen LogP) is 2.00. The lowest BCUT2D eigenvalue weighted by Crippen LogP contribution is -2.08. The molecule has 1 rings (SSSR count). The van der Waals surface area contributed by atoms with Gasteiger partial charge in [0.15, 0.2) is 0 Å². The molecule has 0 saturated carbocycles. The maximum Gasteiger partial charge on any atom is 0.384 e. The van der Waals surface area contributed by atoms with Gasteiger partial charge >= 0.3 is 5.97 Å². The van der Waals surface area contributed by atoms with Crippen molar-refractivity contribution < 1.29 is 14.3 Å². The first-order valence-electron chi connectivity index (χ1n) is 4.98. The maximum absolute atomic E-state index is 11.1. The van der Waals surface area contributed by atoms with E-state index in [4.69, 9.17) is 9.47 Å². The van der Waals surface area contributed by atoms with Gasteiger partial charge in [-0.3, -0.25) is 0 Å². The van der Waals surface area contributed by atoms with Crippen LogP contribution in [-0.2, 0) is 9.53 Å². The van der Waals surface area contributed by atoms with Crippen LogP contribution >= 0.6 is 0 Å². The van der Waals surface area contributed by atoms with E-state index in [9.17, 15) is 4.79 Å². The topological polar surface area (TPSA) is 35.5 Å². The average molecular weight is 218 g/mol. The summed E-state index contributed by atoms with van der Waals surface area (Å²) < 4.78 is 9.89. The molecule has 0 aliphatic rings. The summed E-state index contributed by atoms with van der Waals surface area (Å²) in [5.41, 5.74) is 0.751. The van der Waals surface area contributed by atoms with Crippen molar-refractivity contribution in [1.29, 1.82) is 0 Å². The molecule has 3 nitrogen and oxygen atoms in total. The van der Waals surface area contributed by atoms with E-state index in [1.807, 2.05) is 0 Å². The molecule has 0 aliphatic carbocycles. The molecule has 16 heavy (non-hydrogen) atoms. The summed E-state index contributed by atoms with van der Waals surface area (Å²) in [4.78, 5) is 11.1. The summed E-state index contributed by atoms with van der Waals surface area (Å²) in [7, 11) is 1.60. The maximum atomic E-state index is 11.1. The zero-order valence-electron chi connectivity index (χ0n) is 9.61. The Morgan fingerprint density at radius 2 is 1.88 bits per heavy atom. The normalized spacial score (nSPS) is 9.25. The van der Waals surface area contributed by atoms with Crippen LogP contribution in [0.3, 0.4) is 0 Å². The highest BCUT2D eigenvalue weighted by molar-refractivity contribution is 5.89. The molecule has 0 aliphatic heterocycles. The smallest absolute Gasteiger partial charge is 0.384 e. The Kier molecular flexibility index (Phi) is 4.41. The minimum Gasteiger partial charge on any atom is -0.497 e. The third-order valence-electron chi connectivity index (χ3n) is 1.74. The lowest BCUT2D eigenvalue weighted by Gasteiger charge is -2.01. The third kappa shape index (κ3) is 4.05. The van der Waals surface area contributed by atoms with Crippen LogP contribution in [-0.4, -0.2) is 19.2 Å². The highest BCUT2D eigenvalue weighted by atomic mass is 16.5. The van der Waals surface area contributed by atoms with Crippen molar-refractivity contribution in [3.05, 3.63) is 29.8 Å². The second-order valence-electron chi connectivity index (χ2n) is 3.43. The summed E-state index contributed by atoms with van der Waals surface area (Å²) >= 11 is 0. The van der Waals surface area contributed by atoms with Crippen molar-refractivity contribution in [3.63, 3.8) is 0 Å². The monoisotopic (exact) mass is 218 g/mol. The van der Waals surface area contributed by atoms with E-state index >= 15 is 0 Å². The molecule has 0 N–H and O–H groups in total. The molecule has 84 valence electrons. The molecule has 0 unspecified atom stereocenters. The number of esters is 1. The van der Waals surface area contributed by atoms with Gasteiger partial charge in [0, 0.05) is 11.5 Å². The number of methoxy groups -OCH3 is 1. The van der Waals surface area contributed by atoms with Gasteiger partial charge in [-0.2, -0.15) is 0 Å². The molecule has 0 bridgehead atoms. The van der Waals surface area contributed by atoms with Gasteiger partial charge in [0.2, 0.25) is 0 Å². The van der Waals surface area contributed by atoms with Gasteiger partial charge in [0.25, 0.3) is 0 Å². The molecule has 0 aromatic heterocycles. The Bertz CT molecular complexity index is 407. The second kappa shape index (κ2) is 5.82. The second-order valence-corrected chi connectivity index (χ2v) is 3.43. The van der Waals surface area contributed by atoms with E-state index in [0.717, 1.165) is 11.3 Å². The minimum atomic E-state index is -0.509. The molecule has 0 heterocycles. The Labute approximate surface area is 95.4 Å². The quantitative estimate of drug-likeness (QED) is 0.562. The summed E-state index contributed by atoms with van der Waals surface area (Å²) in [5.74, 6) is 5.39. The lowest BCUT2D eigenvalue weighted by atomic mass is 10.2. The molecule has 1 aromatic rings. The molecule has 0 atom stereocenters. The van der Waals surface area contributed by atoms with Gasteiger partial charge in [-0.05, 0) is 38.1 Å². The Hall–Kier alpha value is -1.95. The molecular weight excluding hydrogens is 204 g/mol. The van der Waals surface area contributed by atoms with E-state index < -0.39 is 5.97 Å². The first-order valence-corrected chi connectivity index (χ1v) is 4.98. The van der Waals surface area contributed by atoms with E-state index in [1.165, 1.54) is 0 Å². The molecule has 0 amide bonds. The third-order valence-corrected chi connectivity index (χ3v) is 1.74. The molecule has 0 fully saturated rings. The Morgan fingerprint density at radius 1 is 1.25 bits per heavy atom. The van der Waals surface area contributed by atoms with Crippen molar-refractivity contribution in [2.45, 2.75) is 20.0 Å². The fraction of sp³-hybridized carbons (Fsp3) is 0.308. The van der Waals surface area contributed by atoms with Crippen molar-refractivity contribution in [2.24, 2.45) is 0 Å². The highest BCUT2D eigenvalue weighted by Gasteiger charge is 1.99. The number of hydrogen-bond donors (Lipinski definition) is 0. The van der Waals surface area contributed by atoms with Crippen molar-refractivity contribution >= 4 is 5.97 Å². The number of benzene rings is 1. The van der Waals surface area contributed by atoms with Crippen molar-refractivity contribution in [1.82, 2.24) is 0 Å². The fourth-order valence-electron chi connectivity index (χ4n) is 1.04. The lowest BCUT2D eigenvalue weighted by molar-refractivity contribution is -0.140. The minimum absolute atomic E-state index is 0.141. The van der Waals surface area contributed by atoms with Crippen LogP contribution in [0.5, 0.6) is 5.75 Å². The van der Waals surface area contributed by atoms with Gasteiger partial charge in [-0.1, -0.05) is 5.92 Å². The largest absolute Gasteiger partial charge is 0.497 e. The van der Waals surface area contributed by atoms with Crippen LogP contribution < -0.4 is 4.74 Å². The van der Waals surface area contributed by atoms with Gasteiger partial charge < -0.3 is 9.47 Å². The molecule has 1 aromatic carbocycles. The first-order chi connectivity index (χ1) is 7.61. The SMILES string of the molecule is COc1ccc(C#CC(=O)OC(C)C)cc1. The Morgan fingerprint density at radius 3 is 2.38 bits per heavy atom. The number of hydrogen-bond acceptors (Lipinski definition) is 3. The summed E-state index contributed by atoms with van der Waals surface area (Å²) in [6.07, 6.45) is -0.141. The number of rotatable bonds is 2. The summed E-state index contributed by atoms with van der Waals surface area (Å²) in [6, 6.07) is 7.15. The summed E-state index contributed by atoms with van der Waals surface area (Å²) in [5, 5.41) is 0. The van der Waals surface area contributed by atoms with E-state index in [2.05, 4.69) is 11.8 Å². The zero-order chi connectivity index (χ0) is 12.0. The van der Waals surface area contributed by atoms with Crippen LogP contribution in [0.25, 0.3) is 0 Å². The number of carbonyl (C=O) groups excluding carboxylic acids is 1. The van der Waals surface area contributed by atoms with Gasteiger partial charge in [-0.25, -0.2) is 4.79 Å². The molecule has 0 spiro atoms. The first kappa shape index (κ1) is 12.1.